The Labute approximate surface area is 109 Å². The van der Waals surface area contributed by atoms with Crippen molar-refractivity contribution >= 4 is 11.6 Å². The first kappa shape index (κ1) is 14.5. The molecule has 100 valence electrons. The van der Waals surface area contributed by atoms with E-state index in [0.29, 0.717) is 12.2 Å². The fourth-order valence-electron chi connectivity index (χ4n) is 1.79. The smallest absolute Gasteiger partial charge is 0.253 e. The molecule has 1 unspecified atom stereocenters. The fraction of sp³-hybridized carbons (Fsp3) is 0.500. The number of amides is 1. The summed E-state index contributed by atoms with van der Waals surface area (Å²) in [6, 6.07) is 5.84. The highest BCUT2D eigenvalue weighted by atomic mass is 16.5. The van der Waals surface area contributed by atoms with Crippen LogP contribution in [0, 0.1) is 6.92 Å². The number of carbonyl (C=O) groups is 1. The van der Waals surface area contributed by atoms with E-state index in [0.717, 1.165) is 17.7 Å². The SMILES string of the molecule is CCC(COC)NC(=O)c1cc(C)ccc1NC. The molecule has 0 saturated carbocycles. The van der Waals surface area contributed by atoms with Crippen LogP contribution in [0.15, 0.2) is 18.2 Å². The van der Waals surface area contributed by atoms with Gasteiger partial charge < -0.3 is 15.4 Å². The van der Waals surface area contributed by atoms with Crippen molar-refractivity contribution in [1.29, 1.82) is 0 Å². The molecule has 2 N–H and O–H groups in total. The third-order valence-electron chi connectivity index (χ3n) is 2.88. The average molecular weight is 250 g/mol. The minimum Gasteiger partial charge on any atom is -0.387 e. The number of anilines is 1. The minimum absolute atomic E-state index is 0.0488. The number of ether oxygens (including phenoxy) is 1. The summed E-state index contributed by atoms with van der Waals surface area (Å²) in [4.78, 5) is 12.2. The molecule has 4 heteroatoms. The lowest BCUT2D eigenvalue weighted by molar-refractivity contribution is 0.0895. The van der Waals surface area contributed by atoms with Crippen molar-refractivity contribution in [1.82, 2.24) is 5.32 Å². The average Bonchev–Trinajstić information content (AvgIpc) is 2.38. The van der Waals surface area contributed by atoms with E-state index in [1.54, 1.807) is 7.11 Å². The zero-order valence-electron chi connectivity index (χ0n) is 11.5. The molecule has 0 spiro atoms. The summed E-state index contributed by atoms with van der Waals surface area (Å²) in [7, 11) is 3.45. The van der Waals surface area contributed by atoms with E-state index < -0.39 is 0 Å². The van der Waals surface area contributed by atoms with Gasteiger partial charge in [0.1, 0.15) is 0 Å². The third kappa shape index (κ3) is 3.74. The molecule has 0 aliphatic heterocycles. The summed E-state index contributed by atoms with van der Waals surface area (Å²) < 4.78 is 5.08. The highest BCUT2D eigenvalue weighted by molar-refractivity contribution is 6.00. The van der Waals surface area contributed by atoms with E-state index in [-0.39, 0.29) is 11.9 Å². The van der Waals surface area contributed by atoms with Crippen LogP contribution in [0.4, 0.5) is 5.69 Å². The lowest BCUT2D eigenvalue weighted by atomic mass is 10.1. The fourth-order valence-corrected chi connectivity index (χ4v) is 1.79. The molecule has 1 amide bonds. The predicted molar refractivity (Wildman–Crippen MR) is 74.1 cm³/mol. The predicted octanol–water partition coefficient (Wildman–Crippen LogP) is 2.19. The number of carbonyl (C=O) groups excluding carboxylic acids is 1. The lowest BCUT2D eigenvalue weighted by Crippen LogP contribution is -2.37. The Balaban J connectivity index is 2.85. The summed E-state index contributed by atoms with van der Waals surface area (Å²) in [5, 5.41) is 6.02. The second-order valence-electron chi connectivity index (χ2n) is 4.33. The molecule has 1 aromatic carbocycles. The summed E-state index contributed by atoms with van der Waals surface area (Å²) in [5.74, 6) is -0.0630. The van der Waals surface area contributed by atoms with E-state index in [4.69, 9.17) is 4.74 Å². The van der Waals surface area contributed by atoms with Gasteiger partial charge in [-0.3, -0.25) is 4.79 Å². The van der Waals surface area contributed by atoms with Crippen molar-refractivity contribution in [3.63, 3.8) is 0 Å². The van der Waals surface area contributed by atoms with Gasteiger partial charge in [-0.2, -0.15) is 0 Å². The second-order valence-corrected chi connectivity index (χ2v) is 4.33. The van der Waals surface area contributed by atoms with Crippen molar-refractivity contribution in [2.24, 2.45) is 0 Å². The van der Waals surface area contributed by atoms with Gasteiger partial charge in [0.2, 0.25) is 0 Å². The van der Waals surface area contributed by atoms with Crippen LogP contribution in [0.25, 0.3) is 0 Å². The first-order valence-corrected chi connectivity index (χ1v) is 6.20. The van der Waals surface area contributed by atoms with Gasteiger partial charge in [-0.1, -0.05) is 18.6 Å². The van der Waals surface area contributed by atoms with Crippen LogP contribution in [0.3, 0.4) is 0 Å². The van der Waals surface area contributed by atoms with E-state index in [1.165, 1.54) is 0 Å². The number of rotatable bonds is 6. The van der Waals surface area contributed by atoms with Gasteiger partial charge in [-0.25, -0.2) is 0 Å². The molecule has 1 rings (SSSR count). The zero-order valence-corrected chi connectivity index (χ0v) is 11.5. The van der Waals surface area contributed by atoms with E-state index >= 15 is 0 Å². The van der Waals surface area contributed by atoms with Crippen LogP contribution in [-0.4, -0.2) is 32.7 Å². The van der Waals surface area contributed by atoms with Crippen LogP contribution in [-0.2, 0) is 4.74 Å². The summed E-state index contributed by atoms with van der Waals surface area (Å²) >= 11 is 0. The number of hydrogen-bond acceptors (Lipinski definition) is 3. The molecule has 18 heavy (non-hydrogen) atoms. The Bertz CT molecular complexity index is 405. The highest BCUT2D eigenvalue weighted by Crippen LogP contribution is 2.17. The maximum absolute atomic E-state index is 12.2. The lowest BCUT2D eigenvalue weighted by Gasteiger charge is -2.17. The molecule has 0 saturated heterocycles. The monoisotopic (exact) mass is 250 g/mol. The van der Waals surface area contributed by atoms with Gasteiger partial charge in [0.15, 0.2) is 0 Å². The van der Waals surface area contributed by atoms with Crippen LogP contribution in [0.1, 0.15) is 29.3 Å². The van der Waals surface area contributed by atoms with Gasteiger partial charge in [0, 0.05) is 19.8 Å². The molecule has 0 bridgehead atoms. The molecule has 1 atom stereocenters. The molecule has 0 fully saturated rings. The summed E-state index contributed by atoms with van der Waals surface area (Å²) in [6.45, 7) is 4.53. The van der Waals surface area contributed by atoms with E-state index in [2.05, 4.69) is 10.6 Å². The standard InChI is InChI=1S/C14H22N2O2/c1-5-11(9-18-4)16-14(17)12-8-10(2)6-7-13(12)15-3/h6-8,11,15H,5,9H2,1-4H3,(H,16,17). The number of aryl methyl sites for hydroxylation is 1. The quantitative estimate of drug-likeness (QED) is 0.813. The van der Waals surface area contributed by atoms with Crippen molar-refractivity contribution in [3.05, 3.63) is 29.3 Å². The topological polar surface area (TPSA) is 50.4 Å². The minimum atomic E-state index is -0.0630. The Morgan fingerprint density at radius 3 is 2.72 bits per heavy atom. The van der Waals surface area contributed by atoms with Crippen molar-refractivity contribution < 1.29 is 9.53 Å². The first-order valence-electron chi connectivity index (χ1n) is 6.20. The van der Waals surface area contributed by atoms with E-state index in [1.807, 2.05) is 39.1 Å². The van der Waals surface area contributed by atoms with Gasteiger partial charge in [-0.15, -0.1) is 0 Å². The normalized spacial score (nSPS) is 12.0. The molecule has 4 nitrogen and oxygen atoms in total. The zero-order chi connectivity index (χ0) is 13.5. The molecule has 0 aliphatic rings. The van der Waals surface area contributed by atoms with Crippen molar-refractivity contribution in [2.45, 2.75) is 26.3 Å². The van der Waals surface area contributed by atoms with Crippen LogP contribution in [0.2, 0.25) is 0 Å². The number of hydrogen-bond donors (Lipinski definition) is 2. The van der Waals surface area contributed by atoms with Gasteiger partial charge >= 0.3 is 0 Å². The second kappa shape index (κ2) is 7.01. The molecular weight excluding hydrogens is 228 g/mol. The van der Waals surface area contributed by atoms with Gasteiger partial charge in [-0.05, 0) is 25.5 Å². The molecular formula is C14H22N2O2. The molecule has 0 radical (unpaired) electrons. The Morgan fingerprint density at radius 1 is 1.44 bits per heavy atom. The Kier molecular flexibility index (Phi) is 5.65. The van der Waals surface area contributed by atoms with Crippen LogP contribution in [0.5, 0.6) is 0 Å². The number of methoxy groups -OCH3 is 1. The highest BCUT2D eigenvalue weighted by Gasteiger charge is 2.15. The van der Waals surface area contributed by atoms with Gasteiger partial charge in [0.25, 0.3) is 5.91 Å². The molecule has 1 aromatic rings. The van der Waals surface area contributed by atoms with Crippen LogP contribution >= 0.6 is 0 Å². The summed E-state index contributed by atoms with van der Waals surface area (Å²) in [5.41, 5.74) is 2.58. The van der Waals surface area contributed by atoms with Crippen molar-refractivity contribution in [3.8, 4) is 0 Å². The molecule has 0 aliphatic carbocycles. The Morgan fingerprint density at radius 2 is 2.17 bits per heavy atom. The Hall–Kier alpha value is -1.55. The molecule has 0 aromatic heterocycles. The summed E-state index contributed by atoms with van der Waals surface area (Å²) in [6.07, 6.45) is 0.848. The maximum Gasteiger partial charge on any atom is 0.253 e. The number of benzene rings is 1. The largest absolute Gasteiger partial charge is 0.387 e. The van der Waals surface area contributed by atoms with E-state index in [9.17, 15) is 4.79 Å². The van der Waals surface area contributed by atoms with Crippen molar-refractivity contribution in [2.75, 3.05) is 26.1 Å². The number of nitrogens with one attached hydrogen (secondary N) is 2. The first-order chi connectivity index (χ1) is 8.62. The molecule has 0 heterocycles. The third-order valence-corrected chi connectivity index (χ3v) is 2.88. The maximum atomic E-state index is 12.2. The van der Waals surface area contributed by atoms with Gasteiger partial charge in [0.05, 0.1) is 18.2 Å². The van der Waals surface area contributed by atoms with Crippen LogP contribution < -0.4 is 10.6 Å².